The first-order chi connectivity index (χ1) is 9.09. The summed E-state index contributed by atoms with van der Waals surface area (Å²) < 4.78 is 0. The average Bonchev–Trinajstić information content (AvgIpc) is 2.39. The van der Waals surface area contributed by atoms with Crippen molar-refractivity contribution in [1.29, 1.82) is 0 Å². The normalized spacial score (nSPS) is 16.3. The first-order valence-corrected chi connectivity index (χ1v) is 6.83. The van der Waals surface area contributed by atoms with Crippen molar-refractivity contribution in [2.45, 2.75) is 32.1 Å². The minimum atomic E-state index is -0.519. The molecule has 1 saturated carbocycles. The molecule has 0 bridgehead atoms. The second kappa shape index (κ2) is 6.14. The van der Waals surface area contributed by atoms with Crippen LogP contribution in [0.25, 0.3) is 0 Å². The molecule has 0 saturated heterocycles. The van der Waals surface area contributed by atoms with Crippen LogP contribution in [0.1, 0.15) is 32.1 Å². The van der Waals surface area contributed by atoms with E-state index in [0.717, 1.165) is 6.54 Å². The van der Waals surface area contributed by atoms with Crippen molar-refractivity contribution < 1.29 is 4.92 Å². The molecule has 1 heterocycles. The predicted molar refractivity (Wildman–Crippen MR) is 73.5 cm³/mol. The largest absolute Gasteiger partial charge is 0.354 e. The van der Waals surface area contributed by atoms with Gasteiger partial charge >= 0.3 is 5.69 Å². The maximum Gasteiger partial charge on any atom is 0.348 e. The van der Waals surface area contributed by atoms with E-state index in [1.165, 1.54) is 38.4 Å². The molecule has 2 rings (SSSR count). The third kappa shape index (κ3) is 3.32. The maximum absolute atomic E-state index is 11.1. The van der Waals surface area contributed by atoms with Gasteiger partial charge in [-0.25, -0.2) is 9.97 Å². The molecule has 0 atom stereocenters. The molecule has 1 aliphatic rings. The fourth-order valence-electron chi connectivity index (χ4n) is 2.63. The van der Waals surface area contributed by atoms with Crippen LogP contribution < -0.4 is 4.90 Å². The number of nitrogens with zero attached hydrogens (tertiary/aromatic N) is 4. The summed E-state index contributed by atoms with van der Waals surface area (Å²) >= 11 is 5.79. The van der Waals surface area contributed by atoms with Crippen molar-refractivity contribution in [3.63, 3.8) is 0 Å². The summed E-state index contributed by atoms with van der Waals surface area (Å²) in [5.41, 5.74) is -0.206. The molecule has 0 aromatic carbocycles. The Morgan fingerprint density at radius 1 is 1.42 bits per heavy atom. The van der Waals surface area contributed by atoms with Gasteiger partial charge in [0.1, 0.15) is 6.33 Å². The van der Waals surface area contributed by atoms with Gasteiger partial charge in [0, 0.05) is 13.6 Å². The van der Waals surface area contributed by atoms with Crippen molar-refractivity contribution in [1.82, 2.24) is 9.97 Å². The van der Waals surface area contributed by atoms with E-state index < -0.39 is 4.92 Å². The van der Waals surface area contributed by atoms with Crippen LogP contribution in [0.2, 0.25) is 5.15 Å². The molecule has 1 aromatic rings. The van der Waals surface area contributed by atoms with Gasteiger partial charge in [0.15, 0.2) is 0 Å². The second-order valence-corrected chi connectivity index (χ2v) is 5.34. The molecule has 0 aliphatic heterocycles. The summed E-state index contributed by atoms with van der Waals surface area (Å²) in [5.74, 6) is 0.877. The lowest BCUT2D eigenvalue weighted by molar-refractivity contribution is -0.384. The van der Waals surface area contributed by atoms with E-state index in [2.05, 4.69) is 9.97 Å². The summed E-state index contributed by atoms with van der Waals surface area (Å²) in [7, 11) is 1.82. The minimum absolute atomic E-state index is 0.106. The van der Waals surface area contributed by atoms with E-state index in [0.29, 0.717) is 11.7 Å². The first-order valence-electron chi connectivity index (χ1n) is 6.45. The van der Waals surface area contributed by atoms with Crippen molar-refractivity contribution in [2.75, 3.05) is 18.5 Å². The summed E-state index contributed by atoms with van der Waals surface area (Å²) in [6, 6.07) is 0. The van der Waals surface area contributed by atoms with E-state index >= 15 is 0 Å². The number of halogens is 1. The van der Waals surface area contributed by atoms with Gasteiger partial charge < -0.3 is 4.90 Å². The van der Waals surface area contributed by atoms with Gasteiger partial charge in [0.2, 0.25) is 11.0 Å². The van der Waals surface area contributed by atoms with Gasteiger partial charge in [-0.2, -0.15) is 0 Å². The Morgan fingerprint density at radius 3 is 2.74 bits per heavy atom. The van der Waals surface area contributed by atoms with Crippen molar-refractivity contribution >= 4 is 23.1 Å². The molecule has 0 unspecified atom stereocenters. The smallest absolute Gasteiger partial charge is 0.348 e. The molecule has 1 fully saturated rings. The molecule has 0 amide bonds. The van der Waals surface area contributed by atoms with Crippen molar-refractivity contribution in [3.05, 3.63) is 21.6 Å². The molecular formula is C12H17ClN4O2. The van der Waals surface area contributed by atoms with Gasteiger partial charge in [-0.3, -0.25) is 10.1 Å². The standard InChI is InChI=1S/C12H17ClN4O2/c1-16(7-9-5-3-2-4-6-9)12-10(17(18)19)11(13)14-8-15-12/h8-9H,2-7H2,1H3. The molecule has 0 radical (unpaired) electrons. The third-order valence-electron chi connectivity index (χ3n) is 3.56. The highest BCUT2D eigenvalue weighted by molar-refractivity contribution is 6.31. The second-order valence-electron chi connectivity index (χ2n) is 4.98. The van der Waals surface area contributed by atoms with E-state index in [-0.39, 0.29) is 10.8 Å². The van der Waals surface area contributed by atoms with Crippen LogP contribution in [-0.4, -0.2) is 28.5 Å². The van der Waals surface area contributed by atoms with Gasteiger partial charge in [0.05, 0.1) is 4.92 Å². The molecule has 6 nitrogen and oxygen atoms in total. The summed E-state index contributed by atoms with van der Waals surface area (Å²) in [4.78, 5) is 20.0. The Bertz CT molecular complexity index is 463. The van der Waals surface area contributed by atoms with Crippen LogP contribution in [0.4, 0.5) is 11.5 Å². The summed E-state index contributed by atoms with van der Waals surface area (Å²) in [6.07, 6.45) is 7.39. The molecule has 0 N–H and O–H groups in total. The zero-order valence-electron chi connectivity index (χ0n) is 10.9. The topological polar surface area (TPSA) is 72.2 Å². The minimum Gasteiger partial charge on any atom is -0.354 e. The van der Waals surface area contributed by atoms with Crippen LogP contribution in [0.5, 0.6) is 0 Å². The van der Waals surface area contributed by atoms with E-state index in [9.17, 15) is 10.1 Å². The molecule has 1 aliphatic carbocycles. The lowest BCUT2D eigenvalue weighted by atomic mass is 9.89. The SMILES string of the molecule is CN(CC1CCCCC1)c1ncnc(Cl)c1[N+](=O)[O-]. The zero-order valence-corrected chi connectivity index (χ0v) is 11.6. The molecule has 0 spiro atoms. The first kappa shape index (κ1) is 14.0. The lowest BCUT2D eigenvalue weighted by Crippen LogP contribution is -2.28. The van der Waals surface area contributed by atoms with Gasteiger partial charge in [-0.15, -0.1) is 0 Å². The molecular weight excluding hydrogens is 268 g/mol. The highest BCUT2D eigenvalue weighted by Gasteiger charge is 2.26. The fraction of sp³-hybridized carbons (Fsp3) is 0.667. The highest BCUT2D eigenvalue weighted by atomic mass is 35.5. The van der Waals surface area contributed by atoms with E-state index in [1.807, 2.05) is 11.9 Å². The van der Waals surface area contributed by atoms with Crippen LogP contribution in [0.15, 0.2) is 6.33 Å². The molecule has 1 aromatic heterocycles. The van der Waals surface area contributed by atoms with Gasteiger partial charge in [-0.05, 0) is 18.8 Å². The van der Waals surface area contributed by atoms with Crippen LogP contribution in [0.3, 0.4) is 0 Å². The third-order valence-corrected chi connectivity index (χ3v) is 3.84. The Morgan fingerprint density at radius 2 is 2.11 bits per heavy atom. The van der Waals surface area contributed by atoms with Crippen molar-refractivity contribution in [2.24, 2.45) is 5.92 Å². The predicted octanol–water partition coefficient (Wildman–Crippen LogP) is 3.05. The lowest BCUT2D eigenvalue weighted by Gasteiger charge is -2.27. The maximum atomic E-state index is 11.1. The number of anilines is 1. The Labute approximate surface area is 117 Å². The Hall–Kier alpha value is -1.43. The van der Waals surface area contributed by atoms with E-state index in [1.54, 1.807) is 0 Å². The average molecular weight is 285 g/mol. The Kier molecular flexibility index (Phi) is 4.52. The fourth-order valence-corrected chi connectivity index (χ4v) is 2.83. The number of hydrogen-bond donors (Lipinski definition) is 0. The molecule has 104 valence electrons. The monoisotopic (exact) mass is 284 g/mol. The van der Waals surface area contributed by atoms with Crippen LogP contribution in [0, 0.1) is 16.0 Å². The highest BCUT2D eigenvalue weighted by Crippen LogP contribution is 2.32. The van der Waals surface area contributed by atoms with Crippen LogP contribution in [-0.2, 0) is 0 Å². The quantitative estimate of drug-likeness (QED) is 0.483. The van der Waals surface area contributed by atoms with Gasteiger partial charge in [0.25, 0.3) is 0 Å². The molecule has 7 heteroatoms. The zero-order chi connectivity index (χ0) is 13.8. The van der Waals surface area contributed by atoms with Crippen LogP contribution >= 0.6 is 11.6 Å². The summed E-state index contributed by atoms with van der Waals surface area (Å²) in [6.45, 7) is 0.772. The number of hydrogen-bond acceptors (Lipinski definition) is 5. The van der Waals surface area contributed by atoms with Gasteiger partial charge in [-0.1, -0.05) is 30.9 Å². The summed E-state index contributed by atoms with van der Waals surface area (Å²) in [5, 5.41) is 10.9. The Balaban J connectivity index is 2.16. The van der Waals surface area contributed by atoms with Crippen molar-refractivity contribution in [3.8, 4) is 0 Å². The van der Waals surface area contributed by atoms with E-state index in [4.69, 9.17) is 11.6 Å². The number of aromatic nitrogens is 2. The number of rotatable bonds is 4. The molecule has 19 heavy (non-hydrogen) atoms. The number of nitro groups is 1.